The van der Waals surface area contributed by atoms with Crippen molar-refractivity contribution in [2.75, 3.05) is 6.79 Å². The number of aryl methyl sites for hydroxylation is 2. The average Bonchev–Trinajstić information content (AvgIpc) is 3.40. The number of rotatable bonds is 4. The standard InChI is InChI=1S/C22H23BrN4O2/c1-5-14(6-2)26-8-7-15-12(3)24-21-20(13(4)25-27(21)22(15)26)16-9-18-19(10-17(16)23)29-11-28-18/h7-10,14H,5-6,11H2,1-4H3. The summed E-state index contributed by atoms with van der Waals surface area (Å²) in [5, 5.41) is 6.06. The number of fused-ring (bicyclic) bond motifs is 4. The lowest BCUT2D eigenvalue weighted by Gasteiger charge is -2.17. The summed E-state index contributed by atoms with van der Waals surface area (Å²) in [6.45, 7) is 8.82. The van der Waals surface area contributed by atoms with Gasteiger partial charge in [-0.25, -0.2) is 4.98 Å². The highest BCUT2D eigenvalue weighted by atomic mass is 79.9. The van der Waals surface area contributed by atoms with E-state index < -0.39 is 0 Å². The van der Waals surface area contributed by atoms with Gasteiger partial charge >= 0.3 is 0 Å². The SMILES string of the molecule is CCC(CC)n1ccc2c(C)nc3c(-c4cc5c(cc4Br)OCO5)c(C)nn3c21. The minimum absolute atomic E-state index is 0.250. The largest absolute Gasteiger partial charge is 0.454 e. The average molecular weight is 455 g/mol. The van der Waals surface area contributed by atoms with Crippen LogP contribution in [0.15, 0.2) is 28.9 Å². The zero-order chi connectivity index (χ0) is 20.3. The van der Waals surface area contributed by atoms with Gasteiger partial charge in [-0.2, -0.15) is 9.61 Å². The minimum atomic E-state index is 0.250. The van der Waals surface area contributed by atoms with Crippen molar-refractivity contribution >= 4 is 32.6 Å². The van der Waals surface area contributed by atoms with Crippen molar-refractivity contribution in [3.8, 4) is 22.6 Å². The number of benzene rings is 1. The predicted octanol–water partition coefficient (Wildman–Crippen LogP) is 5.82. The van der Waals surface area contributed by atoms with Gasteiger partial charge in [0.2, 0.25) is 6.79 Å². The maximum Gasteiger partial charge on any atom is 0.231 e. The number of aromatic nitrogens is 4. The molecule has 0 radical (unpaired) electrons. The van der Waals surface area contributed by atoms with Crippen LogP contribution in [0.2, 0.25) is 0 Å². The van der Waals surface area contributed by atoms with Crippen LogP contribution in [0, 0.1) is 13.8 Å². The van der Waals surface area contributed by atoms with E-state index >= 15 is 0 Å². The molecule has 4 aromatic rings. The Morgan fingerprint density at radius 3 is 2.55 bits per heavy atom. The van der Waals surface area contributed by atoms with E-state index in [1.807, 2.05) is 23.6 Å². The lowest BCUT2D eigenvalue weighted by molar-refractivity contribution is 0.174. The molecule has 5 rings (SSSR count). The topological polar surface area (TPSA) is 53.6 Å². The van der Waals surface area contributed by atoms with Crippen molar-refractivity contribution in [2.45, 2.75) is 46.6 Å². The second kappa shape index (κ2) is 6.76. The molecule has 0 aliphatic carbocycles. The summed E-state index contributed by atoms with van der Waals surface area (Å²) < 4.78 is 16.4. The predicted molar refractivity (Wildman–Crippen MR) is 117 cm³/mol. The third-order valence-corrected chi connectivity index (χ3v) is 6.51. The molecule has 0 N–H and O–H groups in total. The fourth-order valence-corrected chi connectivity index (χ4v) is 4.85. The second-order valence-corrected chi connectivity index (χ2v) is 8.36. The van der Waals surface area contributed by atoms with E-state index in [9.17, 15) is 0 Å². The first-order valence-corrected chi connectivity index (χ1v) is 10.8. The Kier molecular flexibility index (Phi) is 4.31. The molecule has 3 aromatic heterocycles. The summed E-state index contributed by atoms with van der Waals surface area (Å²) in [6, 6.07) is 6.56. The summed E-state index contributed by atoms with van der Waals surface area (Å²) >= 11 is 3.71. The molecule has 1 aliphatic heterocycles. The third-order valence-electron chi connectivity index (χ3n) is 5.85. The zero-order valence-corrected chi connectivity index (χ0v) is 18.6. The van der Waals surface area contributed by atoms with Crippen molar-refractivity contribution in [3.63, 3.8) is 0 Å². The van der Waals surface area contributed by atoms with Gasteiger partial charge in [0.1, 0.15) is 5.65 Å². The van der Waals surface area contributed by atoms with Gasteiger partial charge in [0, 0.05) is 27.7 Å². The molecule has 0 amide bonds. The first-order chi connectivity index (χ1) is 14.0. The van der Waals surface area contributed by atoms with Crippen LogP contribution in [0.25, 0.3) is 27.8 Å². The van der Waals surface area contributed by atoms with E-state index in [1.54, 1.807) is 0 Å². The molecule has 0 fully saturated rings. The molecule has 0 spiro atoms. The number of ether oxygens (including phenoxy) is 2. The molecular weight excluding hydrogens is 432 g/mol. The Morgan fingerprint density at radius 2 is 1.83 bits per heavy atom. The summed E-state index contributed by atoms with van der Waals surface area (Å²) in [4.78, 5) is 4.95. The van der Waals surface area contributed by atoms with Crippen LogP contribution >= 0.6 is 15.9 Å². The highest BCUT2D eigenvalue weighted by Crippen LogP contribution is 2.43. The molecule has 150 valence electrons. The van der Waals surface area contributed by atoms with Gasteiger partial charge in [-0.3, -0.25) is 0 Å². The second-order valence-electron chi connectivity index (χ2n) is 7.51. The van der Waals surface area contributed by atoms with E-state index in [1.165, 1.54) is 0 Å². The first kappa shape index (κ1) is 18.5. The summed E-state index contributed by atoms with van der Waals surface area (Å²) in [5.74, 6) is 1.50. The van der Waals surface area contributed by atoms with Gasteiger partial charge < -0.3 is 14.0 Å². The molecule has 6 nitrogen and oxygen atoms in total. The van der Waals surface area contributed by atoms with Crippen LogP contribution in [-0.4, -0.2) is 26.0 Å². The smallest absolute Gasteiger partial charge is 0.231 e. The molecule has 1 aromatic carbocycles. The molecule has 29 heavy (non-hydrogen) atoms. The van der Waals surface area contributed by atoms with E-state index in [0.717, 1.165) is 68.0 Å². The Labute approximate surface area is 177 Å². The molecule has 7 heteroatoms. The first-order valence-electron chi connectivity index (χ1n) is 9.99. The van der Waals surface area contributed by atoms with Gasteiger partial charge in [-0.15, -0.1) is 0 Å². The molecule has 0 unspecified atom stereocenters. The summed E-state index contributed by atoms with van der Waals surface area (Å²) in [7, 11) is 0. The lowest BCUT2D eigenvalue weighted by Crippen LogP contribution is -2.09. The van der Waals surface area contributed by atoms with Crippen LogP contribution in [0.3, 0.4) is 0 Å². The zero-order valence-electron chi connectivity index (χ0n) is 17.0. The maximum atomic E-state index is 5.61. The van der Waals surface area contributed by atoms with Gasteiger partial charge in [0.25, 0.3) is 0 Å². The normalized spacial score (nSPS) is 13.3. The summed E-state index contributed by atoms with van der Waals surface area (Å²) in [5.41, 5.74) is 5.92. The van der Waals surface area contributed by atoms with Crippen LogP contribution in [0.1, 0.15) is 44.1 Å². The third kappa shape index (κ3) is 2.67. The highest BCUT2D eigenvalue weighted by Gasteiger charge is 2.24. The number of hydrogen-bond donors (Lipinski definition) is 0. The van der Waals surface area contributed by atoms with Crippen LogP contribution in [0.4, 0.5) is 0 Å². The Hall–Kier alpha value is -2.54. The monoisotopic (exact) mass is 454 g/mol. The summed E-state index contributed by atoms with van der Waals surface area (Å²) in [6.07, 6.45) is 4.32. The van der Waals surface area contributed by atoms with E-state index in [-0.39, 0.29) is 6.79 Å². The minimum Gasteiger partial charge on any atom is -0.454 e. The fraction of sp³-hybridized carbons (Fsp3) is 0.364. The molecule has 0 bridgehead atoms. The Morgan fingerprint density at radius 1 is 1.10 bits per heavy atom. The highest BCUT2D eigenvalue weighted by molar-refractivity contribution is 9.10. The molecule has 0 saturated heterocycles. The van der Waals surface area contributed by atoms with Crippen LogP contribution in [0.5, 0.6) is 11.5 Å². The van der Waals surface area contributed by atoms with Crippen molar-refractivity contribution in [2.24, 2.45) is 0 Å². The molecule has 1 aliphatic rings. The van der Waals surface area contributed by atoms with Crippen LogP contribution < -0.4 is 9.47 Å². The lowest BCUT2D eigenvalue weighted by atomic mass is 10.1. The van der Waals surface area contributed by atoms with Gasteiger partial charge in [0.05, 0.1) is 17.0 Å². The molecule has 4 heterocycles. The van der Waals surface area contributed by atoms with Crippen LogP contribution in [-0.2, 0) is 0 Å². The van der Waals surface area contributed by atoms with Crippen molar-refractivity contribution in [3.05, 3.63) is 40.3 Å². The van der Waals surface area contributed by atoms with E-state index in [4.69, 9.17) is 19.6 Å². The molecular formula is C22H23BrN4O2. The van der Waals surface area contributed by atoms with Gasteiger partial charge in [-0.05, 0) is 44.9 Å². The molecule has 0 atom stereocenters. The Bertz CT molecular complexity index is 1250. The fourth-order valence-electron chi connectivity index (χ4n) is 4.33. The quantitative estimate of drug-likeness (QED) is 0.389. The van der Waals surface area contributed by atoms with E-state index in [0.29, 0.717) is 6.04 Å². The van der Waals surface area contributed by atoms with Gasteiger partial charge in [0.15, 0.2) is 17.1 Å². The number of nitrogens with zero attached hydrogens (tertiary/aromatic N) is 4. The Balaban J connectivity index is 1.83. The number of halogens is 1. The van der Waals surface area contributed by atoms with E-state index in [2.05, 4.69) is 53.5 Å². The maximum absolute atomic E-state index is 5.61. The van der Waals surface area contributed by atoms with Crippen molar-refractivity contribution < 1.29 is 9.47 Å². The molecule has 0 saturated carbocycles. The number of hydrogen-bond acceptors (Lipinski definition) is 4. The van der Waals surface area contributed by atoms with Crippen molar-refractivity contribution in [1.29, 1.82) is 0 Å². The van der Waals surface area contributed by atoms with Crippen molar-refractivity contribution in [1.82, 2.24) is 19.2 Å². The van der Waals surface area contributed by atoms with Gasteiger partial charge in [-0.1, -0.05) is 29.8 Å².